The van der Waals surface area contributed by atoms with E-state index in [0.29, 0.717) is 5.56 Å². The summed E-state index contributed by atoms with van der Waals surface area (Å²) in [7, 11) is 0. The number of hydrogen-bond donors (Lipinski definition) is 0. The first-order chi connectivity index (χ1) is 8.86. The van der Waals surface area contributed by atoms with Crippen molar-refractivity contribution in [3.05, 3.63) is 29.7 Å². The first-order valence-electron chi connectivity index (χ1n) is 6.60. The predicted octanol–water partition coefficient (Wildman–Crippen LogP) is 2.72. The molecule has 4 heteroatoms. The summed E-state index contributed by atoms with van der Waals surface area (Å²) in [6.07, 6.45) is 9.61. The van der Waals surface area contributed by atoms with Crippen molar-refractivity contribution in [1.82, 2.24) is 14.6 Å². The fourth-order valence-electron chi connectivity index (χ4n) is 2.81. The number of aromatic nitrogens is 3. The minimum atomic E-state index is 0.636. The Morgan fingerprint density at radius 3 is 2.94 bits per heavy atom. The third-order valence-corrected chi connectivity index (χ3v) is 3.86. The molecule has 0 aliphatic heterocycles. The van der Waals surface area contributed by atoms with Crippen LogP contribution in [0.3, 0.4) is 0 Å². The van der Waals surface area contributed by atoms with Crippen LogP contribution in [0.4, 0.5) is 0 Å². The third kappa shape index (κ3) is 2.08. The van der Waals surface area contributed by atoms with E-state index in [1.54, 1.807) is 6.07 Å². The number of nitriles is 1. The molecule has 1 aliphatic rings. The number of fused-ring (bicyclic) bond motifs is 1. The maximum Gasteiger partial charge on any atom is 0.162 e. The molecule has 3 rings (SSSR count). The van der Waals surface area contributed by atoms with Crippen molar-refractivity contribution < 1.29 is 0 Å². The van der Waals surface area contributed by atoms with Gasteiger partial charge in [-0.15, -0.1) is 10.2 Å². The Bertz CT molecular complexity index is 587. The zero-order valence-electron chi connectivity index (χ0n) is 10.3. The van der Waals surface area contributed by atoms with E-state index in [1.807, 2.05) is 16.7 Å². The predicted molar refractivity (Wildman–Crippen MR) is 68.0 cm³/mol. The van der Waals surface area contributed by atoms with Crippen LogP contribution in [0.2, 0.25) is 0 Å². The van der Waals surface area contributed by atoms with Gasteiger partial charge in [-0.05, 0) is 18.4 Å². The first-order valence-corrected chi connectivity index (χ1v) is 6.60. The second-order valence-corrected chi connectivity index (χ2v) is 5.06. The molecule has 1 saturated carbocycles. The average Bonchev–Trinajstić information content (AvgIpc) is 3.05. The zero-order valence-corrected chi connectivity index (χ0v) is 10.3. The summed E-state index contributed by atoms with van der Waals surface area (Å²) < 4.78 is 2.00. The van der Waals surface area contributed by atoms with Gasteiger partial charge in [-0.1, -0.05) is 25.7 Å². The molecule has 92 valence electrons. The first kappa shape index (κ1) is 11.2. The van der Waals surface area contributed by atoms with Crippen molar-refractivity contribution in [2.24, 2.45) is 5.92 Å². The van der Waals surface area contributed by atoms with E-state index in [4.69, 9.17) is 5.26 Å². The minimum Gasteiger partial charge on any atom is -0.286 e. The highest BCUT2D eigenvalue weighted by molar-refractivity contribution is 5.45. The van der Waals surface area contributed by atoms with Crippen LogP contribution in [0.15, 0.2) is 18.3 Å². The number of aryl methyl sites for hydroxylation is 1. The van der Waals surface area contributed by atoms with Crippen molar-refractivity contribution in [2.45, 2.75) is 38.5 Å². The van der Waals surface area contributed by atoms with Crippen LogP contribution in [-0.4, -0.2) is 14.6 Å². The van der Waals surface area contributed by atoms with E-state index in [-0.39, 0.29) is 0 Å². The Labute approximate surface area is 106 Å². The second kappa shape index (κ2) is 4.77. The average molecular weight is 240 g/mol. The van der Waals surface area contributed by atoms with Gasteiger partial charge in [-0.2, -0.15) is 5.26 Å². The van der Waals surface area contributed by atoms with Gasteiger partial charge < -0.3 is 0 Å². The molecule has 0 bridgehead atoms. The SMILES string of the molecule is N#Cc1ccn2c(CCC3CCCC3)nnc2c1. The summed E-state index contributed by atoms with van der Waals surface area (Å²) in [6, 6.07) is 5.72. The molecule has 2 aromatic heterocycles. The Morgan fingerprint density at radius 1 is 1.33 bits per heavy atom. The number of hydrogen-bond acceptors (Lipinski definition) is 3. The highest BCUT2D eigenvalue weighted by atomic mass is 15.2. The molecule has 1 fully saturated rings. The number of nitrogens with zero attached hydrogens (tertiary/aromatic N) is 4. The Hall–Kier alpha value is -1.89. The third-order valence-electron chi connectivity index (χ3n) is 3.86. The molecule has 1 aliphatic carbocycles. The molecule has 18 heavy (non-hydrogen) atoms. The number of rotatable bonds is 3. The lowest BCUT2D eigenvalue weighted by Crippen LogP contribution is -2.00. The minimum absolute atomic E-state index is 0.636. The van der Waals surface area contributed by atoms with Gasteiger partial charge in [-0.3, -0.25) is 4.40 Å². The molecule has 0 unspecified atom stereocenters. The summed E-state index contributed by atoms with van der Waals surface area (Å²) in [4.78, 5) is 0. The lowest BCUT2D eigenvalue weighted by molar-refractivity contribution is 0.496. The summed E-state index contributed by atoms with van der Waals surface area (Å²) in [5.41, 5.74) is 1.41. The molecule has 0 saturated heterocycles. The molecule has 0 spiro atoms. The molecule has 2 heterocycles. The molecule has 0 aromatic carbocycles. The van der Waals surface area contributed by atoms with Gasteiger partial charge >= 0.3 is 0 Å². The van der Waals surface area contributed by atoms with E-state index in [2.05, 4.69) is 16.3 Å². The van der Waals surface area contributed by atoms with Crippen LogP contribution in [0, 0.1) is 17.2 Å². The fraction of sp³-hybridized carbons (Fsp3) is 0.500. The zero-order chi connectivity index (χ0) is 12.4. The molecule has 2 aromatic rings. The van der Waals surface area contributed by atoms with Gasteiger partial charge in [0.05, 0.1) is 11.6 Å². The highest BCUT2D eigenvalue weighted by Crippen LogP contribution is 2.28. The van der Waals surface area contributed by atoms with Gasteiger partial charge in [0.25, 0.3) is 0 Å². The van der Waals surface area contributed by atoms with E-state index in [0.717, 1.165) is 23.8 Å². The topological polar surface area (TPSA) is 54.0 Å². The molecule has 0 amide bonds. The van der Waals surface area contributed by atoms with Crippen LogP contribution < -0.4 is 0 Å². The van der Waals surface area contributed by atoms with Gasteiger partial charge in [-0.25, -0.2) is 0 Å². The smallest absolute Gasteiger partial charge is 0.162 e. The quantitative estimate of drug-likeness (QED) is 0.828. The van der Waals surface area contributed by atoms with Crippen molar-refractivity contribution in [3.63, 3.8) is 0 Å². The fourth-order valence-corrected chi connectivity index (χ4v) is 2.81. The summed E-state index contributed by atoms with van der Waals surface area (Å²) in [5, 5.41) is 17.2. The molecular weight excluding hydrogens is 224 g/mol. The lowest BCUT2D eigenvalue weighted by atomic mass is 10.0. The van der Waals surface area contributed by atoms with Crippen LogP contribution in [0.1, 0.15) is 43.5 Å². The van der Waals surface area contributed by atoms with E-state index < -0.39 is 0 Å². The Kier molecular flexibility index (Phi) is 2.97. The van der Waals surface area contributed by atoms with Crippen molar-refractivity contribution in [2.75, 3.05) is 0 Å². The highest BCUT2D eigenvalue weighted by Gasteiger charge is 2.16. The van der Waals surface area contributed by atoms with Crippen LogP contribution >= 0.6 is 0 Å². The largest absolute Gasteiger partial charge is 0.286 e. The van der Waals surface area contributed by atoms with Crippen LogP contribution in [-0.2, 0) is 6.42 Å². The summed E-state index contributed by atoms with van der Waals surface area (Å²) >= 11 is 0. The van der Waals surface area contributed by atoms with E-state index >= 15 is 0 Å². The van der Waals surface area contributed by atoms with Gasteiger partial charge in [0.1, 0.15) is 5.82 Å². The van der Waals surface area contributed by atoms with Gasteiger partial charge in [0.15, 0.2) is 5.65 Å². The van der Waals surface area contributed by atoms with Gasteiger partial charge in [0, 0.05) is 18.7 Å². The standard InChI is InChI=1S/C14H16N4/c15-10-12-7-8-18-13(16-17-14(18)9-12)6-5-11-3-1-2-4-11/h7-9,11H,1-6H2. The van der Waals surface area contributed by atoms with Crippen molar-refractivity contribution >= 4 is 5.65 Å². The van der Waals surface area contributed by atoms with Crippen molar-refractivity contribution in [3.8, 4) is 6.07 Å². The molecule has 0 N–H and O–H groups in total. The second-order valence-electron chi connectivity index (χ2n) is 5.06. The molecule has 0 atom stereocenters. The molecular formula is C14H16N4. The maximum atomic E-state index is 8.84. The number of pyridine rings is 1. The van der Waals surface area contributed by atoms with E-state index in [1.165, 1.54) is 32.1 Å². The van der Waals surface area contributed by atoms with Crippen LogP contribution in [0.25, 0.3) is 5.65 Å². The monoisotopic (exact) mass is 240 g/mol. The summed E-state index contributed by atoms with van der Waals surface area (Å²) in [5.74, 6) is 1.89. The van der Waals surface area contributed by atoms with Gasteiger partial charge in [0.2, 0.25) is 0 Å². The molecule has 4 nitrogen and oxygen atoms in total. The Morgan fingerprint density at radius 2 is 2.17 bits per heavy atom. The maximum absolute atomic E-state index is 8.84. The Balaban J connectivity index is 1.78. The van der Waals surface area contributed by atoms with Crippen molar-refractivity contribution in [1.29, 1.82) is 5.26 Å². The summed E-state index contributed by atoms with van der Waals surface area (Å²) in [6.45, 7) is 0. The lowest BCUT2D eigenvalue weighted by Gasteiger charge is -2.06. The molecule has 0 radical (unpaired) electrons. The van der Waals surface area contributed by atoms with E-state index in [9.17, 15) is 0 Å². The van der Waals surface area contributed by atoms with Crippen LogP contribution in [0.5, 0.6) is 0 Å². The normalized spacial score (nSPS) is 16.2.